The van der Waals surface area contributed by atoms with Crippen molar-refractivity contribution in [2.45, 2.75) is 51.6 Å². The smallest absolute Gasteiger partial charge is 0.0792 e. The second-order valence-corrected chi connectivity index (χ2v) is 5.57. The van der Waals surface area contributed by atoms with Gasteiger partial charge < -0.3 is 5.11 Å². The Labute approximate surface area is 92.1 Å². The van der Waals surface area contributed by atoms with Gasteiger partial charge in [0, 0.05) is 0 Å². The minimum absolute atomic E-state index is 0.206. The molecule has 1 aromatic carbocycles. The van der Waals surface area contributed by atoms with Gasteiger partial charge in [0.15, 0.2) is 0 Å². The lowest BCUT2D eigenvalue weighted by Gasteiger charge is -2.25. The molecule has 0 unspecified atom stereocenters. The Bertz CT molecular complexity index is 360. The minimum atomic E-state index is -0.234. The fourth-order valence-corrected chi connectivity index (χ4v) is 2.26. The predicted molar refractivity (Wildman–Crippen MR) is 63.0 cm³/mol. The zero-order valence-electron chi connectivity index (χ0n) is 9.88. The van der Waals surface area contributed by atoms with Crippen molar-refractivity contribution in [2.24, 2.45) is 0 Å². The fourth-order valence-electron chi connectivity index (χ4n) is 2.26. The van der Waals surface area contributed by atoms with Crippen LogP contribution in [0.3, 0.4) is 0 Å². The third kappa shape index (κ3) is 2.07. The van der Waals surface area contributed by atoms with Crippen LogP contribution >= 0.6 is 0 Å². The molecule has 0 saturated carbocycles. The summed E-state index contributed by atoms with van der Waals surface area (Å²) >= 11 is 0. The average Bonchev–Trinajstić information content (AvgIpc) is 2.16. The Morgan fingerprint density at radius 3 is 2.67 bits per heavy atom. The van der Waals surface area contributed by atoms with Gasteiger partial charge in [-0.05, 0) is 41.4 Å². The van der Waals surface area contributed by atoms with E-state index in [0.717, 1.165) is 24.8 Å². The van der Waals surface area contributed by atoms with Crippen LogP contribution < -0.4 is 0 Å². The van der Waals surface area contributed by atoms with Crippen molar-refractivity contribution < 1.29 is 5.11 Å². The van der Waals surface area contributed by atoms with Gasteiger partial charge in [-0.1, -0.05) is 39.0 Å². The van der Waals surface area contributed by atoms with E-state index in [1.165, 1.54) is 11.1 Å². The van der Waals surface area contributed by atoms with Crippen molar-refractivity contribution in [3.63, 3.8) is 0 Å². The zero-order valence-corrected chi connectivity index (χ0v) is 9.88. The quantitative estimate of drug-likeness (QED) is 0.687. The summed E-state index contributed by atoms with van der Waals surface area (Å²) in [5, 5.41) is 9.86. The van der Waals surface area contributed by atoms with Gasteiger partial charge in [-0.25, -0.2) is 0 Å². The van der Waals surface area contributed by atoms with Crippen molar-refractivity contribution in [1.82, 2.24) is 0 Å². The van der Waals surface area contributed by atoms with Crippen molar-refractivity contribution >= 4 is 0 Å². The van der Waals surface area contributed by atoms with E-state index in [-0.39, 0.29) is 11.5 Å². The first-order valence-corrected chi connectivity index (χ1v) is 5.80. The summed E-state index contributed by atoms with van der Waals surface area (Å²) in [6.07, 6.45) is 2.92. The Hall–Kier alpha value is -0.820. The molecule has 0 aliphatic heterocycles. The number of aryl methyl sites for hydroxylation is 1. The minimum Gasteiger partial charge on any atom is -0.388 e. The summed E-state index contributed by atoms with van der Waals surface area (Å²) in [7, 11) is 0. The molecule has 1 N–H and O–H groups in total. The summed E-state index contributed by atoms with van der Waals surface area (Å²) in [4.78, 5) is 0. The van der Waals surface area contributed by atoms with E-state index in [4.69, 9.17) is 0 Å². The Morgan fingerprint density at radius 2 is 2.00 bits per heavy atom. The number of benzene rings is 1. The van der Waals surface area contributed by atoms with E-state index in [2.05, 4.69) is 39.0 Å². The van der Waals surface area contributed by atoms with Crippen LogP contribution in [0.15, 0.2) is 18.2 Å². The Morgan fingerprint density at radius 1 is 1.27 bits per heavy atom. The highest BCUT2D eigenvalue weighted by Gasteiger charge is 2.20. The second kappa shape index (κ2) is 3.64. The maximum absolute atomic E-state index is 9.86. The molecule has 0 radical (unpaired) electrons. The molecule has 0 heterocycles. The highest BCUT2D eigenvalue weighted by molar-refractivity contribution is 5.37. The first-order valence-electron chi connectivity index (χ1n) is 5.80. The lowest BCUT2D eigenvalue weighted by Crippen LogP contribution is -2.15. The zero-order chi connectivity index (χ0) is 11.1. The molecule has 1 heteroatoms. The first-order chi connectivity index (χ1) is 6.98. The van der Waals surface area contributed by atoms with Crippen LogP contribution in [0.25, 0.3) is 0 Å². The summed E-state index contributed by atoms with van der Waals surface area (Å²) in [5.74, 6) is 0. The number of hydrogen-bond acceptors (Lipinski definition) is 1. The third-order valence-corrected chi connectivity index (χ3v) is 3.29. The van der Waals surface area contributed by atoms with Gasteiger partial charge >= 0.3 is 0 Å². The van der Waals surface area contributed by atoms with Gasteiger partial charge in [-0.15, -0.1) is 0 Å². The molecule has 0 amide bonds. The molecule has 82 valence electrons. The normalized spacial score (nSPS) is 21.2. The molecule has 2 rings (SSSR count). The van der Waals surface area contributed by atoms with Gasteiger partial charge in [-0.2, -0.15) is 0 Å². The van der Waals surface area contributed by atoms with Crippen LogP contribution in [0.1, 0.15) is 56.4 Å². The standard InChI is InChI=1S/C14H20O/c1-14(2,3)11-7-8-12-10(9-11)5-4-6-13(12)15/h7-9,13,15H,4-6H2,1-3H3/t13-/m1/s1. The van der Waals surface area contributed by atoms with E-state index < -0.39 is 0 Å². The number of hydrogen-bond donors (Lipinski definition) is 1. The molecule has 0 fully saturated rings. The Kier molecular flexibility index (Phi) is 2.59. The van der Waals surface area contributed by atoms with Crippen molar-refractivity contribution in [3.05, 3.63) is 34.9 Å². The summed E-state index contributed by atoms with van der Waals surface area (Å²) in [6, 6.07) is 6.55. The molecule has 0 spiro atoms. The molecule has 1 aliphatic carbocycles. The van der Waals surface area contributed by atoms with Crippen LogP contribution in [-0.4, -0.2) is 5.11 Å². The lowest BCUT2D eigenvalue weighted by molar-refractivity contribution is 0.156. The van der Waals surface area contributed by atoms with Gasteiger partial charge in [-0.3, -0.25) is 0 Å². The average molecular weight is 204 g/mol. The largest absolute Gasteiger partial charge is 0.388 e. The molecular weight excluding hydrogens is 184 g/mol. The molecular formula is C14H20O. The molecule has 0 aromatic heterocycles. The molecule has 15 heavy (non-hydrogen) atoms. The van der Waals surface area contributed by atoms with Crippen LogP contribution in [-0.2, 0) is 11.8 Å². The molecule has 0 bridgehead atoms. The molecule has 1 aromatic rings. The maximum Gasteiger partial charge on any atom is 0.0792 e. The van der Waals surface area contributed by atoms with E-state index >= 15 is 0 Å². The number of rotatable bonds is 0. The number of fused-ring (bicyclic) bond motifs is 1. The molecule has 1 nitrogen and oxygen atoms in total. The highest BCUT2D eigenvalue weighted by atomic mass is 16.3. The van der Waals surface area contributed by atoms with Gasteiger partial charge in [0.2, 0.25) is 0 Å². The lowest BCUT2D eigenvalue weighted by atomic mass is 9.81. The van der Waals surface area contributed by atoms with Crippen LogP contribution in [0.5, 0.6) is 0 Å². The van der Waals surface area contributed by atoms with E-state index in [0.29, 0.717) is 0 Å². The van der Waals surface area contributed by atoms with Crippen molar-refractivity contribution in [1.29, 1.82) is 0 Å². The van der Waals surface area contributed by atoms with Crippen LogP contribution in [0.4, 0.5) is 0 Å². The van der Waals surface area contributed by atoms with E-state index in [1.54, 1.807) is 0 Å². The topological polar surface area (TPSA) is 20.2 Å². The van der Waals surface area contributed by atoms with Crippen molar-refractivity contribution in [3.8, 4) is 0 Å². The maximum atomic E-state index is 9.86. The predicted octanol–water partition coefficient (Wildman–Crippen LogP) is 3.35. The molecule has 0 saturated heterocycles. The van der Waals surface area contributed by atoms with Gasteiger partial charge in [0.05, 0.1) is 6.10 Å². The van der Waals surface area contributed by atoms with Crippen LogP contribution in [0.2, 0.25) is 0 Å². The SMILES string of the molecule is CC(C)(C)c1ccc2c(c1)CCC[C@H]2O. The number of aliphatic hydroxyl groups excluding tert-OH is 1. The summed E-state index contributed by atoms with van der Waals surface area (Å²) in [5.41, 5.74) is 4.07. The van der Waals surface area contributed by atoms with Crippen molar-refractivity contribution in [2.75, 3.05) is 0 Å². The number of aliphatic hydroxyl groups is 1. The summed E-state index contributed by atoms with van der Waals surface area (Å²) < 4.78 is 0. The van der Waals surface area contributed by atoms with E-state index in [9.17, 15) is 5.11 Å². The monoisotopic (exact) mass is 204 g/mol. The first kappa shape index (κ1) is 10.7. The third-order valence-electron chi connectivity index (χ3n) is 3.29. The van der Waals surface area contributed by atoms with Gasteiger partial charge in [0.1, 0.15) is 0 Å². The summed E-state index contributed by atoms with van der Waals surface area (Å²) in [6.45, 7) is 6.69. The Balaban J connectivity index is 2.42. The molecule has 1 aliphatic rings. The second-order valence-electron chi connectivity index (χ2n) is 5.57. The fraction of sp³-hybridized carbons (Fsp3) is 0.571. The van der Waals surface area contributed by atoms with Crippen LogP contribution in [0, 0.1) is 0 Å². The molecule has 1 atom stereocenters. The highest BCUT2D eigenvalue weighted by Crippen LogP contribution is 2.33. The van der Waals surface area contributed by atoms with E-state index in [1.807, 2.05) is 0 Å². The van der Waals surface area contributed by atoms with Gasteiger partial charge in [0.25, 0.3) is 0 Å².